The van der Waals surface area contributed by atoms with Gasteiger partial charge in [0, 0.05) is 12.4 Å². The molecule has 0 radical (unpaired) electrons. The van der Waals surface area contributed by atoms with Crippen LogP contribution in [0.5, 0.6) is 0 Å². The fraction of sp³-hybridized carbons (Fsp3) is 0.444. The minimum atomic E-state index is -3.22. The van der Waals surface area contributed by atoms with Gasteiger partial charge in [0.15, 0.2) is 0 Å². The molecule has 1 aromatic rings. The van der Waals surface area contributed by atoms with E-state index in [0.29, 0.717) is 6.42 Å². The molecule has 0 aliphatic rings. The minimum Gasteiger partial charge on any atom is -0.317 e. The highest BCUT2D eigenvalue weighted by Gasteiger charge is 2.32. The molecule has 0 aliphatic carbocycles. The summed E-state index contributed by atoms with van der Waals surface area (Å²) in [6.45, 7) is 1.82. The lowest BCUT2D eigenvalue weighted by molar-refractivity contribution is -0.248. The van der Waals surface area contributed by atoms with Crippen molar-refractivity contribution in [2.75, 3.05) is 6.61 Å². The van der Waals surface area contributed by atoms with Crippen molar-refractivity contribution in [1.29, 1.82) is 0 Å². The van der Waals surface area contributed by atoms with Crippen LogP contribution in [0.3, 0.4) is 0 Å². The monoisotopic (exact) mass is 187 g/mol. The molecule has 0 saturated heterocycles. The van der Waals surface area contributed by atoms with E-state index in [4.69, 9.17) is 0 Å². The molecule has 0 fully saturated rings. The van der Waals surface area contributed by atoms with E-state index in [0.717, 1.165) is 6.20 Å². The molecule has 0 spiro atoms. The van der Waals surface area contributed by atoms with E-state index in [1.807, 2.05) is 0 Å². The zero-order valence-electron chi connectivity index (χ0n) is 7.34. The average molecular weight is 187 g/mol. The lowest BCUT2D eigenvalue weighted by Crippen LogP contribution is -2.18. The van der Waals surface area contributed by atoms with Crippen molar-refractivity contribution < 1.29 is 13.5 Å². The molecule has 2 nitrogen and oxygen atoms in total. The van der Waals surface area contributed by atoms with Crippen molar-refractivity contribution in [3.05, 3.63) is 30.1 Å². The number of pyridine rings is 1. The summed E-state index contributed by atoms with van der Waals surface area (Å²) in [5, 5.41) is 0. The maximum absolute atomic E-state index is 13.1. The minimum absolute atomic E-state index is 0.0435. The molecular weight excluding hydrogens is 176 g/mol. The quantitative estimate of drug-likeness (QED) is 0.722. The zero-order chi connectivity index (χ0) is 9.73. The highest BCUT2D eigenvalue weighted by molar-refractivity contribution is 5.12. The molecule has 0 N–H and O–H groups in total. The first-order chi connectivity index (χ1) is 6.17. The van der Waals surface area contributed by atoms with Gasteiger partial charge in [0.05, 0.1) is 12.2 Å². The Morgan fingerprint density at radius 3 is 2.85 bits per heavy atom. The highest BCUT2D eigenvalue weighted by Crippen LogP contribution is 2.28. The normalized spacial score (nSPS) is 11.6. The Morgan fingerprint density at radius 2 is 2.31 bits per heavy atom. The van der Waals surface area contributed by atoms with Crippen LogP contribution >= 0.6 is 0 Å². The Bertz CT molecular complexity index is 251. The van der Waals surface area contributed by atoms with Gasteiger partial charge in [-0.05, 0) is 18.6 Å². The molecule has 4 heteroatoms. The van der Waals surface area contributed by atoms with Gasteiger partial charge in [-0.3, -0.25) is 4.98 Å². The molecule has 0 aliphatic heterocycles. The van der Waals surface area contributed by atoms with Gasteiger partial charge in [-0.1, -0.05) is 6.92 Å². The van der Waals surface area contributed by atoms with Crippen molar-refractivity contribution in [3.8, 4) is 0 Å². The van der Waals surface area contributed by atoms with Crippen molar-refractivity contribution in [2.45, 2.75) is 19.5 Å². The van der Waals surface area contributed by atoms with Gasteiger partial charge < -0.3 is 4.74 Å². The first kappa shape index (κ1) is 10.1. The standard InChI is InChI=1S/C9H11F2NO/c1-2-6-13-9(10,11)8-4-3-5-12-7-8/h3-5,7H,2,6H2,1H3. The summed E-state index contributed by atoms with van der Waals surface area (Å²) in [5.74, 6) is 0. The summed E-state index contributed by atoms with van der Waals surface area (Å²) >= 11 is 0. The molecule has 1 aromatic heterocycles. The molecule has 0 amide bonds. The van der Waals surface area contributed by atoms with E-state index < -0.39 is 6.11 Å². The Balaban J connectivity index is 2.69. The molecule has 0 atom stereocenters. The second-order valence-corrected chi connectivity index (χ2v) is 2.61. The molecule has 0 bridgehead atoms. The third-order valence-corrected chi connectivity index (χ3v) is 1.49. The number of aromatic nitrogens is 1. The Morgan fingerprint density at radius 1 is 1.54 bits per heavy atom. The van der Waals surface area contributed by atoms with Crippen LogP contribution in [0.15, 0.2) is 24.5 Å². The summed E-state index contributed by atoms with van der Waals surface area (Å²) in [6, 6.07) is 2.75. The van der Waals surface area contributed by atoms with Gasteiger partial charge >= 0.3 is 6.11 Å². The molecule has 13 heavy (non-hydrogen) atoms. The van der Waals surface area contributed by atoms with Crippen molar-refractivity contribution in [1.82, 2.24) is 4.98 Å². The lowest BCUT2D eigenvalue weighted by Gasteiger charge is -2.15. The number of hydrogen-bond acceptors (Lipinski definition) is 2. The molecule has 1 rings (SSSR count). The van der Waals surface area contributed by atoms with E-state index in [2.05, 4.69) is 9.72 Å². The van der Waals surface area contributed by atoms with Crippen LogP contribution in [0.2, 0.25) is 0 Å². The largest absolute Gasteiger partial charge is 0.384 e. The van der Waals surface area contributed by atoms with Gasteiger partial charge in [0.1, 0.15) is 0 Å². The summed E-state index contributed by atoms with van der Waals surface area (Å²) in [4.78, 5) is 3.60. The third kappa shape index (κ3) is 2.73. The fourth-order valence-electron chi connectivity index (χ4n) is 0.848. The predicted molar refractivity (Wildman–Crippen MR) is 44.4 cm³/mol. The lowest BCUT2D eigenvalue weighted by atomic mass is 10.3. The van der Waals surface area contributed by atoms with Gasteiger partial charge in [-0.25, -0.2) is 0 Å². The topological polar surface area (TPSA) is 22.1 Å². The maximum Gasteiger partial charge on any atom is 0.384 e. The van der Waals surface area contributed by atoms with Crippen LogP contribution in [0.4, 0.5) is 8.78 Å². The van der Waals surface area contributed by atoms with Gasteiger partial charge in [-0.2, -0.15) is 8.78 Å². The van der Waals surface area contributed by atoms with Crippen LogP contribution in [0.25, 0.3) is 0 Å². The predicted octanol–water partition coefficient (Wildman–Crippen LogP) is 2.56. The van der Waals surface area contributed by atoms with Gasteiger partial charge in [0.2, 0.25) is 0 Å². The van der Waals surface area contributed by atoms with Crippen LogP contribution in [-0.2, 0) is 10.8 Å². The van der Waals surface area contributed by atoms with Crippen LogP contribution < -0.4 is 0 Å². The van der Waals surface area contributed by atoms with Crippen molar-refractivity contribution in [3.63, 3.8) is 0 Å². The smallest absolute Gasteiger partial charge is 0.317 e. The van der Waals surface area contributed by atoms with Crippen molar-refractivity contribution in [2.24, 2.45) is 0 Å². The molecule has 1 heterocycles. The van der Waals surface area contributed by atoms with Crippen molar-refractivity contribution >= 4 is 0 Å². The number of halogens is 2. The molecule has 0 saturated carbocycles. The summed E-state index contributed by atoms with van der Waals surface area (Å²) < 4.78 is 30.6. The second kappa shape index (κ2) is 4.28. The number of nitrogens with zero attached hydrogens (tertiary/aromatic N) is 1. The summed E-state index contributed by atoms with van der Waals surface area (Å²) in [6.07, 6.45) is -0.102. The van der Waals surface area contributed by atoms with E-state index in [-0.39, 0.29) is 12.2 Å². The molecular formula is C9H11F2NO. The van der Waals surface area contributed by atoms with Gasteiger partial charge in [0.25, 0.3) is 0 Å². The molecule has 72 valence electrons. The zero-order valence-corrected chi connectivity index (χ0v) is 7.34. The average Bonchev–Trinajstić information content (AvgIpc) is 2.16. The van der Waals surface area contributed by atoms with Gasteiger partial charge in [-0.15, -0.1) is 0 Å². The maximum atomic E-state index is 13.1. The molecule has 0 aromatic carbocycles. The number of rotatable bonds is 4. The van der Waals surface area contributed by atoms with E-state index in [9.17, 15) is 8.78 Å². The first-order valence-electron chi connectivity index (χ1n) is 4.09. The summed E-state index contributed by atoms with van der Waals surface area (Å²) in [5.41, 5.74) is -0.205. The SMILES string of the molecule is CCCOC(F)(F)c1cccnc1. The third-order valence-electron chi connectivity index (χ3n) is 1.49. The Kier molecular flexibility index (Phi) is 3.31. The number of ether oxygens (including phenoxy) is 1. The van der Waals surface area contributed by atoms with Crippen LogP contribution in [0.1, 0.15) is 18.9 Å². The second-order valence-electron chi connectivity index (χ2n) is 2.61. The molecule has 0 unspecified atom stereocenters. The highest BCUT2D eigenvalue weighted by atomic mass is 19.3. The first-order valence-corrected chi connectivity index (χ1v) is 4.09. The van der Waals surface area contributed by atoms with E-state index in [1.165, 1.54) is 18.3 Å². The Labute approximate surface area is 75.6 Å². The van der Waals surface area contributed by atoms with E-state index in [1.54, 1.807) is 6.92 Å². The summed E-state index contributed by atoms with van der Waals surface area (Å²) in [7, 11) is 0. The number of hydrogen-bond donors (Lipinski definition) is 0. The fourth-order valence-corrected chi connectivity index (χ4v) is 0.848. The van der Waals surface area contributed by atoms with Crippen LogP contribution in [-0.4, -0.2) is 11.6 Å². The van der Waals surface area contributed by atoms with E-state index >= 15 is 0 Å². The Hall–Kier alpha value is -1.03. The van der Waals surface area contributed by atoms with Crippen LogP contribution in [0, 0.1) is 0 Å². The number of alkyl halides is 2.